The highest BCUT2D eigenvalue weighted by molar-refractivity contribution is 5.89. The average Bonchev–Trinajstić information content (AvgIpc) is 2.39. The van der Waals surface area contributed by atoms with Gasteiger partial charge in [-0.05, 0) is 11.6 Å². The lowest BCUT2D eigenvalue weighted by molar-refractivity contribution is 0.133. The maximum absolute atomic E-state index is 10.3. The third kappa shape index (κ3) is 2.41. The van der Waals surface area contributed by atoms with Gasteiger partial charge in [-0.2, -0.15) is 0 Å². The molecule has 0 saturated carbocycles. The van der Waals surface area contributed by atoms with Gasteiger partial charge in [0.15, 0.2) is 0 Å². The number of hydrogen-bond donors (Lipinski definition) is 3. The molecule has 18 heavy (non-hydrogen) atoms. The Hall–Kier alpha value is -2.13. The molecule has 3 nitrogen and oxygen atoms in total. The van der Waals surface area contributed by atoms with Gasteiger partial charge in [0.1, 0.15) is 11.4 Å². The van der Waals surface area contributed by atoms with E-state index in [1.807, 2.05) is 54.6 Å². The summed E-state index contributed by atoms with van der Waals surface area (Å²) in [7, 11) is 0. The Bertz CT molecular complexity index is 517. The second-order valence-electron chi connectivity index (χ2n) is 4.28. The Balaban J connectivity index is 2.23. The standard InChI is InChI=1S/C15H16N2O/c16-14(17)15(18)11-5-4-8-13(15)10-9-12-6-2-1-3-7-12/h1-11,13,18H,(H3,16,17). The van der Waals surface area contributed by atoms with Crippen LogP contribution in [0.5, 0.6) is 0 Å². The highest BCUT2D eigenvalue weighted by Gasteiger charge is 2.35. The summed E-state index contributed by atoms with van der Waals surface area (Å²) in [6.45, 7) is 0. The van der Waals surface area contributed by atoms with Crippen LogP contribution in [0.2, 0.25) is 0 Å². The Kier molecular flexibility index (Phi) is 3.44. The Morgan fingerprint density at radius 3 is 2.67 bits per heavy atom. The molecule has 0 aromatic heterocycles. The summed E-state index contributed by atoms with van der Waals surface area (Å²) in [5.41, 5.74) is 5.11. The number of nitrogens with two attached hydrogens (primary N) is 1. The molecule has 1 aliphatic rings. The third-order valence-electron chi connectivity index (χ3n) is 3.02. The average molecular weight is 240 g/mol. The van der Waals surface area contributed by atoms with Crippen molar-refractivity contribution in [3.05, 3.63) is 66.3 Å². The first kappa shape index (κ1) is 12.3. The molecule has 2 atom stereocenters. The van der Waals surface area contributed by atoms with Crippen LogP contribution in [-0.2, 0) is 0 Å². The third-order valence-corrected chi connectivity index (χ3v) is 3.02. The molecule has 92 valence electrons. The molecule has 4 N–H and O–H groups in total. The molecule has 0 heterocycles. The molecule has 2 rings (SSSR count). The first-order chi connectivity index (χ1) is 8.63. The predicted octanol–water partition coefficient (Wildman–Crippen LogP) is 2.11. The van der Waals surface area contributed by atoms with Gasteiger partial charge in [0.05, 0.1) is 0 Å². The molecule has 0 saturated heterocycles. The van der Waals surface area contributed by atoms with Gasteiger partial charge in [0.25, 0.3) is 0 Å². The smallest absolute Gasteiger partial charge is 0.149 e. The van der Waals surface area contributed by atoms with Gasteiger partial charge < -0.3 is 10.8 Å². The van der Waals surface area contributed by atoms with Crippen molar-refractivity contribution in [3.63, 3.8) is 0 Å². The zero-order valence-corrected chi connectivity index (χ0v) is 9.95. The van der Waals surface area contributed by atoms with E-state index in [0.29, 0.717) is 0 Å². The fourth-order valence-electron chi connectivity index (χ4n) is 1.90. The number of nitrogens with one attached hydrogen (secondary N) is 1. The fourth-order valence-corrected chi connectivity index (χ4v) is 1.90. The number of rotatable bonds is 3. The van der Waals surface area contributed by atoms with Crippen LogP contribution in [0.1, 0.15) is 5.56 Å². The highest BCUT2D eigenvalue weighted by Crippen LogP contribution is 2.26. The van der Waals surface area contributed by atoms with Crippen molar-refractivity contribution in [1.29, 1.82) is 5.41 Å². The first-order valence-electron chi connectivity index (χ1n) is 5.79. The maximum Gasteiger partial charge on any atom is 0.149 e. The molecule has 0 amide bonds. The minimum absolute atomic E-state index is 0.245. The monoisotopic (exact) mass is 240 g/mol. The molecule has 0 radical (unpaired) electrons. The van der Waals surface area contributed by atoms with Crippen LogP contribution in [0, 0.1) is 11.3 Å². The van der Waals surface area contributed by atoms with Gasteiger partial charge in [-0.15, -0.1) is 0 Å². The minimum Gasteiger partial charge on any atom is -0.385 e. The molecule has 2 unspecified atom stereocenters. The fraction of sp³-hybridized carbons (Fsp3) is 0.133. The van der Waals surface area contributed by atoms with E-state index in [0.717, 1.165) is 5.56 Å². The van der Waals surface area contributed by atoms with Crippen LogP contribution in [0.15, 0.2) is 60.7 Å². The van der Waals surface area contributed by atoms with Gasteiger partial charge in [-0.25, -0.2) is 0 Å². The van der Waals surface area contributed by atoms with Crippen LogP contribution >= 0.6 is 0 Å². The van der Waals surface area contributed by atoms with E-state index < -0.39 is 5.60 Å². The molecular weight excluding hydrogens is 224 g/mol. The van der Waals surface area contributed by atoms with E-state index in [1.165, 1.54) is 0 Å². The largest absolute Gasteiger partial charge is 0.385 e. The normalized spacial score (nSPS) is 26.6. The quantitative estimate of drug-likeness (QED) is 0.559. The number of hydrogen-bond acceptors (Lipinski definition) is 2. The van der Waals surface area contributed by atoms with Gasteiger partial charge in [0.2, 0.25) is 0 Å². The van der Waals surface area contributed by atoms with E-state index in [4.69, 9.17) is 11.1 Å². The van der Waals surface area contributed by atoms with Crippen LogP contribution in [0.25, 0.3) is 6.08 Å². The Labute approximate surface area is 106 Å². The predicted molar refractivity (Wildman–Crippen MR) is 74.1 cm³/mol. The van der Waals surface area contributed by atoms with Crippen molar-refractivity contribution in [2.24, 2.45) is 11.7 Å². The van der Waals surface area contributed by atoms with E-state index in [2.05, 4.69) is 0 Å². The lowest BCUT2D eigenvalue weighted by atomic mass is 9.82. The summed E-state index contributed by atoms with van der Waals surface area (Å²) < 4.78 is 0. The lowest BCUT2D eigenvalue weighted by Gasteiger charge is -2.30. The first-order valence-corrected chi connectivity index (χ1v) is 5.79. The SMILES string of the molecule is N=C(N)C1(O)C=CC=CC1C=Cc1ccccc1. The zero-order valence-electron chi connectivity index (χ0n) is 9.95. The van der Waals surface area contributed by atoms with Gasteiger partial charge in [0, 0.05) is 5.92 Å². The molecule has 1 aromatic rings. The minimum atomic E-state index is -1.42. The number of amidine groups is 1. The van der Waals surface area contributed by atoms with E-state index in [1.54, 1.807) is 12.2 Å². The molecule has 1 aromatic carbocycles. The van der Waals surface area contributed by atoms with E-state index >= 15 is 0 Å². The van der Waals surface area contributed by atoms with E-state index in [-0.39, 0.29) is 11.8 Å². The second kappa shape index (κ2) is 5.02. The Morgan fingerprint density at radius 2 is 2.00 bits per heavy atom. The highest BCUT2D eigenvalue weighted by atomic mass is 16.3. The summed E-state index contributed by atoms with van der Waals surface area (Å²) in [6, 6.07) is 9.81. The summed E-state index contributed by atoms with van der Waals surface area (Å²) >= 11 is 0. The zero-order chi connectivity index (χ0) is 13.0. The van der Waals surface area contributed by atoms with Crippen LogP contribution in [-0.4, -0.2) is 16.5 Å². The summed E-state index contributed by atoms with van der Waals surface area (Å²) in [6.07, 6.45) is 10.7. The molecule has 3 heteroatoms. The van der Waals surface area contributed by atoms with Crippen molar-refractivity contribution in [2.75, 3.05) is 0 Å². The number of benzene rings is 1. The molecule has 1 aliphatic carbocycles. The Morgan fingerprint density at radius 1 is 1.28 bits per heavy atom. The molecule has 0 bridgehead atoms. The molecular formula is C15H16N2O. The van der Waals surface area contributed by atoms with Crippen molar-refractivity contribution >= 4 is 11.9 Å². The number of allylic oxidation sites excluding steroid dienone is 2. The topological polar surface area (TPSA) is 70.1 Å². The van der Waals surface area contributed by atoms with Gasteiger partial charge in [-0.1, -0.05) is 60.7 Å². The van der Waals surface area contributed by atoms with Gasteiger partial charge in [-0.3, -0.25) is 5.41 Å². The molecule has 0 spiro atoms. The van der Waals surface area contributed by atoms with Crippen molar-refractivity contribution in [2.45, 2.75) is 5.60 Å². The van der Waals surface area contributed by atoms with Crippen molar-refractivity contribution in [3.8, 4) is 0 Å². The summed E-state index contributed by atoms with van der Waals surface area (Å²) in [5, 5.41) is 17.9. The lowest BCUT2D eigenvalue weighted by Crippen LogP contribution is -2.47. The van der Waals surface area contributed by atoms with Crippen molar-refractivity contribution < 1.29 is 5.11 Å². The number of aliphatic hydroxyl groups is 1. The summed E-state index contributed by atoms with van der Waals surface area (Å²) in [5.74, 6) is -0.564. The van der Waals surface area contributed by atoms with Crippen LogP contribution < -0.4 is 5.73 Å². The molecule has 0 fully saturated rings. The van der Waals surface area contributed by atoms with Crippen LogP contribution in [0.3, 0.4) is 0 Å². The second-order valence-corrected chi connectivity index (χ2v) is 4.28. The van der Waals surface area contributed by atoms with Gasteiger partial charge >= 0.3 is 0 Å². The van der Waals surface area contributed by atoms with Crippen LogP contribution in [0.4, 0.5) is 0 Å². The van der Waals surface area contributed by atoms with Crippen molar-refractivity contribution in [1.82, 2.24) is 0 Å². The summed E-state index contributed by atoms with van der Waals surface area (Å²) in [4.78, 5) is 0. The van der Waals surface area contributed by atoms with E-state index in [9.17, 15) is 5.11 Å². The maximum atomic E-state index is 10.3. The molecule has 0 aliphatic heterocycles.